The Morgan fingerprint density at radius 3 is 2.70 bits per heavy atom. The zero-order valence-corrected chi connectivity index (χ0v) is 20.0. The number of nitrogens with one attached hydrogen (secondary N) is 2. The lowest BCUT2D eigenvalue weighted by atomic mass is 9.85. The number of anilines is 1. The highest BCUT2D eigenvalue weighted by atomic mass is 32.2. The van der Waals surface area contributed by atoms with E-state index in [0.29, 0.717) is 29.1 Å². The van der Waals surface area contributed by atoms with Gasteiger partial charge in [0.1, 0.15) is 6.04 Å². The number of nitrogens with zero attached hydrogens (tertiary/aromatic N) is 2. The first-order chi connectivity index (χ1) is 15.7. The topological polar surface area (TPSA) is 148 Å². The van der Waals surface area contributed by atoms with Crippen LogP contribution in [0.15, 0.2) is 22.7 Å². The standard InChI is InChI=1S/C22H33N5O5S/c1-3-33(30,31)26-18(11-15-7-5-4-6-8-15)22(29)27(2)14-20(28)24-13-16-9-10-17-19(12-16)32-25-21(17)23/h9-10,12,15,18,26H,3-8,11,13-14H2,1-2H3,(H2,23,25)(H,24,28)/t18-/m1/s1. The van der Waals surface area contributed by atoms with E-state index in [9.17, 15) is 18.0 Å². The van der Waals surface area contributed by atoms with Gasteiger partial charge in [-0.3, -0.25) is 9.59 Å². The Bertz CT molecular complexity index is 1080. The van der Waals surface area contributed by atoms with Crippen molar-refractivity contribution in [3.05, 3.63) is 23.8 Å². The van der Waals surface area contributed by atoms with Gasteiger partial charge in [-0.2, -0.15) is 0 Å². The van der Waals surface area contributed by atoms with Crippen LogP contribution in [0.25, 0.3) is 11.0 Å². The van der Waals surface area contributed by atoms with Gasteiger partial charge in [0.25, 0.3) is 0 Å². The summed E-state index contributed by atoms with van der Waals surface area (Å²) in [6.07, 6.45) is 5.79. The lowest BCUT2D eigenvalue weighted by molar-refractivity contribution is -0.136. The van der Waals surface area contributed by atoms with Crippen molar-refractivity contribution in [2.75, 3.05) is 25.1 Å². The minimum atomic E-state index is -3.56. The number of fused-ring (bicyclic) bond motifs is 1. The van der Waals surface area contributed by atoms with Crippen LogP contribution in [-0.2, 0) is 26.2 Å². The maximum absolute atomic E-state index is 13.1. The molecule has 4 N–H and O–H groups in total. The van der Waals surface area contributed by atoms with Gasteiger partial charge in [0, 0.05) is 13.6 Å². The summed E-state index contributed by atoms with van der Waals surface area (Å²) in [5.74, 6) is -0.242. The second-order valence-electron chi connectivity index (χ2n) is 8.68. The van der Waals surface area contributed by atoms with Crippen LogP contribution in [0.2, 0.25) is 0 Å². The maximum Gasteiger partial charge on any atom is 0.240 e. The third-order valence-corrected chi connectivity index (χ3v) is 7.51. The van der Waals surface area contributed by atoms with Crippen LogP contribution in [0.1, 0.15) is 51.0 Å². The van der Waals surface area contributed by atoms with Crippen LogP contribution in [0.4, 0.5) is 5.82 Å². The van der Waals surface area contributed by atoms with Gasteiger partial charge < -0.3 is 20.5 Å². The van der Waals surface area contributed by atoms with Crippen LogP contribution in [0, 0.1) is 5.92 Å². The largest absolute Gasteiger partial charge is 0.380 e. The summed E-state index contributed by atoms with van der Waals surface area (Å²) in [5, 5.41) is 7.18. The highest BCUT2D eigenvalue weighted by Crippen LogP contribution is 2.28. The van der Waals surface area contributed by atoms with E-state index in [2.05, 4.69) is 15.2 Å². The Balaban J connectivity index is 1.57. The molecule has 1 aromatic carbocycles. The SMILES string of the molecule is CCS(=O)(=O)N[C@H](CC1CCCCC1)C(=O)N(C)CC(=O)NCc1ccc2c(N)noc2c1. The lowest BCUT2D eigenvalue weighted by Gasteiger charge is -2.29. The molecule has 10 nitrogen and oxygen atoms in total. The minimum absolute atomic E-state index is 0.104. The van der Waals surface area contributed by atoms with Crippen molar-refractivity contribution in [1.29, 1.82) is 0 Å². The van der Waals surface area contributed by atoms with E-state index in [1.54, 1.807) is 12.1 Å². The summed E-state index contributed by atoms with van der Waals surface area (Å²) in [6.45, 7) is 1.60. The summed E-state index contributed by atoms with van der Waals surface area (Å²) >= 11 is 0. The zero-order valence-electron chi connectivity index (χ0n) is 19.2. The average Bonchev–Trinajstić information content (AvgIpc) is 3.17. The third-order valence-electron chi connectivity index (χ3n) is 6.10. The second-order valence-corrected chi connectivity index (χ2v) is 10.7. The number of carbonyl (C=O) groups excluding carboxylic acids is 2. The van der Waals surface area contributed by atoms with Gasteiger partial charge in [0.2, 0.25) is 21.8 Å². The molecule has 0 spiro atoms. The van der Waals surface area contributed by atoms with Gasteiger partial charge in [0.05, 0.1) is 17.7 Å². The van der Waals surface area contributed by atoms with Crippen LogP contribution in [0.5, 0.6) is 0 Å². The molecule has 2 aromatic rings. The van der Waals surface area contributed by atoms with Crippen molar-refractivity contribution >= 4 is 38.6 Å². The predicted octanol–water partition coefficient (Wildman–Crippen LogP) is 1.76. The fourth-order valence-corrected chi connectivity index (χ4v) is 4.98. The quantitative estimate of drug-likeness (QED) is 0.470. The first-order valence-electron chi connectivity index (χ1n) is 11.3. The third kappa shape index (κ3) is 6.91. The van der Waals surface area contributed by atoms with E-state index < -0.39 is 22.0 Å². The Kier molecular flexibility index (Phi) is 8.30. The summed E-state index contributed by atoms with van der Waals surface area (Å²) in [6, 6.07) is 4.46. The van der Waals surface area contributed by atoms with Crippen molar-refractivity contribution in [3.8, 4) is 0 Å². The number of amides is 2. The number of likely N-dealkylation sites (N-methyl/N-ethyl adjacent to an activating group) is 1. The van der Waals surface area contributed by atoms with Gasteiger partial charge in [-0.1, -0.05) is 43.3 Å². The molecule has 1 fully saturated rings. The first kappa shape index (κ1) is 25.0. The highest BCUT2D eigenvalue weighted by molar-refractivity contribution is 7.89. The number of hydrogen-bond donors (Lipinski definition) is 3. The molecule has 0 aliphatic heterocycles. The molecule has 0 radical (unpaired) electrons. The minimum Gasteiger partial charge on any atom is -0.380 e. The van der Waals surface area contributed by atoms with E-state index in [0.717, 1.165) is 31.2 Å². The van der Waals surface area contributed by atoms with Crippen LogP contribution < -0.4 is 15.8 Å². The molecule has 3 rings (SSSR count). The zero-order chi connectivity index (χ0) is 24.0. The van der Waals surface area contributed by atoms with Gasteiger partial charge in [-0.15, -0.1) is 0 Å². The molecule has 0 unspecified atom stereocenters. The molecular formula is C22H33N5O5S. The monoisotopic (exact) mass is 479 g/mol. The number of sulfonamides is 1. The fourth-order valence-electron chi connectivity index (χ4n) is 4.18. The molecule has 1 saturated carbocycles. The number of aromatic nitrogens is 1. The van der Waals surface area contributed by atoms with Gasteiger partial charge in [-0.05, 0) is 37.0 Å². The molecular weight excluding hydrogens is 446 g/mol. The van der Waals surface area contributed by atoms with Crippen LogP contribution in [0.3, 0.4) is 0 Å². The molecule has 0 saturated heterocycles. The number of nitrogen functional groups attached to an aromatic ring is 1. The molecule has 1 aromatic heterocycles. The van der Waals surface area contributed by atoms with Crippen molar-refractivity contribution in [2.45, 2.75) is 58.0 Å². The Hall–Kier alpha value is -2.66. The van der Waals surface area contributed by atoms with Gasteiger partial charge >= 0.3 is 0 Å². The van der Waals surface area contributed by atoms with Crippen LogP contribution in [-0.4, -0.2) is 55.7 Å². The van der Waals surface area contributed by atoms with Gasteiger partial charge in [0.15, 0.2) is 11.4 Å². The first-order valence-corrected chi connectivity index (χ1v) is 13.0. The fraction of sp³-hybridized carbons (Fsp3) is 0.591. The predicted molar refractivity (Wildman–Crippen MR) is 125 cm³/mol. The van der Waals surface area contributed by atoms with Crippen molar-refractivity contribution in [1.82, 2.24) is 20.1 Å². The number of carbonyl (C=O) groups is 2. The summed E-state index contributed by atoms with van der Waals surface area (Å²) in [7, 11) is -2.05. The van der Waals surface area contributed by atoms with E-state index in [1.165, 1.54) is 25.3 Å². The number of benzene rings is 1. The van der Waals surface area contributed by atoms with Crippen LogP contribution >= 0.6 is 0 Å². The van der Waals surface area contributed by atoms with E-state index in [1.807, 2.05) is 6.07 Å². The molecule has 2 amide bonds. The van der Waals surface area contributed by atoms with Gasteiger partial charge in [-0.25, -0.2) is 13.1 Å². The highest BCUT2D eigenvalue weighted by Gasteiger charge is 2.30. The number of hydrogen-bond acceptors (Lipinski definition) is 7. The maximum atomic E-state index is 13.1. The Morgan fingerprint density at radius 1 is 1.27 bits per heavy atom. The smallest absolute Gasteiger partial charge is 0.240 e. The van der Waals surface area contributed by atoms with E-state index >= 15 is 0 Å². The molecule has 1 heterocycles. The normalized spacial score (nSPS) is 15.9. The Labute approximate surface area is 194 Å². The van der Waals surface area contributed by atoms with E-state index in [-0.39, 0.29) is 24.7 Å². The summed E-state index contributed by atoms with van der Waals surface area (Å²) in [5.41, 5.74) is 7.03. The van der Waals surface area contributed by atoms with Crippen molar-refractivity contribution in [2.24, 2.45) is 5.92 Å². The molecule has 1 aliphatic rings. The molecule has 0 bridgehead atoms. The van der Waals surface area contributed by atoms with Crippen molar-refractivity contribution in [3.63, 3.8) is 0 Å². The molecule has 1 atom stereocenters. The summed E-state index contributed by atoms with van der Waals surface area (Å²) < 4.78 is 32.0. The molecule has 33 heavy (non-hydrogen) atoms. The van der Waals surface area contributed by atoms with E-state index in [4.69, 9.17) is 10.3 Å². The molecule has 11 heteroatoms. The molecule has 1 aliphatic carbocycles. The second kappa shape index (κ2) is 11.0. The Morgan fingerprint density at radius 2 is 2.00 bits per heavy atom. The average molecular weight is 480 g/mol. The molecule has 182 valence electrons. The lowest BCUT2D eigenvalue weighted by Crippen LogP contribution is -2.50. The summed E-state index contributed by atoms with van der Waals surface area (Å²) in [4.78, 5) is 26.8. The number of rotatable bonds is 10. The van der Waals surface area contributed by atoms with Crippen molar-refractivity contribution < 1.29 is 22.5 Å². The number of nitrogens with two attached hydrogens (primary N) is 1.